The summed E-state index contributed by atoms with van der Waals surface area (Å²) in [7, 11) is 0. The third-order valence-corrected chi connectivity index (χ3v) is 5.61. The molecule has 0 aliphatic heterocycles. The van der Waals surface area contributed by atoms with Crippen molar-refractivity contribution in [1.82, 2.24) is 15.0 Å². The van der Waals surface area contributed by atoms with Crippen LogP contribution in [0.1, 0.15) is 21.5 Å². The van der Waals surface area contributed by atoms with E-state index in [-0.39, 0.29) is 11.6 Å². The Morgan fingerprint density at radius 2 is 1.64 bits per heavy atom. The standard InChI is InChI=1S/C25H19N5O3/c1-15-13-21-22(28-29(27-21)24-9-5-7-17-6-3-4-8-19(17)24)14-20(15)26-25(31)18-10-11-23(30(32)33)16(2)12-18/h3-14H,1-2H3,(H,26,31). The van der Waals surface area contributed by atoms with E-state index in [4.69, 9.17) is 0 Å². The Morgan fingerprint density at radius 3 is 2.39 bits per heavy atom. The molecule has 0 spiro atoms. The van der Waals surface area contributed by atoms with Crippen LogP contribution < -0.4 is 5.32 Å². The summed E-state index contributed by atoms with van der Waals surface area (Å²) >= 11 is 0. The number of rotatable bonds is 4. The van der Waals surface area contributed by atoms with Crippen LogP contribution in [0.4, 0.5) is 11.4 Å². The maximum atomic E-state index is 12.8. The van der Waals surface area contributed by atoms with Crippen LogP contribution in [0, 0.1) is 24.0 Å². The molecule has 1 N–H and O–H groups in total. The Labute approximate surface area is 188 Å². The Kier molecular flexibility index (Phi) is 4.82. The summed E-state index contributed by atoms with van der Waals surface area (Å²) in [6, 6.07) is 22.0. The van der Waals surface area contributed by atoms with Crippen LogP contribution in [0.25, 0.3) is 27.5 Å². The molecule has 0 unspecified atom stereocenters. The van der Waals surface area contributed by atoms with E-state index in [2.05, 4.69) is 15.5 Å². The Morgan fingerprint density at radius 1 is 0.909 bits per heavy atom. The molecule has 8 heteroatoms. The fourth-order valence-corrected chi connectivity index (χ4v) is 3.89. The molecular formula is C25H19N5O3. The van der Waals surface area contributed by atoms with Gasteiger partial charge in [0.25, 0.3) is 11.6 Å². The molecule has 5 aromatic rings. The molecule has 0 aliphatic carbocycles. The van der Waals surface area contributed by atoms with Gasteiger partial charge in [0.1, 0.15) is 11.0 Å². The van der Waals surface area contributed by atoms with Crippen LogP contribution in [0.3, 0.4) is 0 Å². The number of fused-ring (bicyclic) bond motifs is 2. The van der Waals surface area contributed by atoms with Gasteiger partial charge in [-0.1, -0.05) is 36.4 Å². The number of anilines is 1. The van der Waals surface area contributed by atoms with Crippen molar-refractivity contribution >= 4 is 39.1 Å². The lowest BCUT2D eigenvalue weighted by atomic mass is 10.1. The SMILES string of the molecule is Cc1cc2nn(-c3cccc4ccccc34)nc2cc1NC(=O)c1ccc([N+](=O)[O-])c(C)c1. The summed E-state index contributed by atoms with van der Waals surface area (Å²) in [6.07, 6.45) is 0. The summed E-state index contributed by atoms with van der Waals surface area (Å²) < 4.78 is 0. The molecule has 33 heavy (non-hydrogen) atoms. The molecule has 0 atom stereocenters. The summed E-state index contributed by atoms with van der Waals surface area (Å²) in [4.78, 5) is 25.0. The zero-order chi connectivity index (χ0) is 23.1. The van der Waals surface area contributed by atoms with Gasteiger partial charge in [-0.15, -0.1) is 15.0 Å². The lowest BCUT2D eigenvalue weighted by Gasteiger charge is -2.09. The van der Waals surface area contributed by atoms with Gasteiger partial charge in [0.2, 0.25) is 0 Å². The number of aromatic nitrogens is 3. The number of nitro groups is 1. The quantitative estimate of drug-likeness (QED) is 0.301. The van der Waals surface area contributed by atoms with Crippen molar-refractivity contribution in [2.45, 2.75) is 13.8 Å². The van der Waals surface area contributed by atoms with E-state index in [1.807, 2.05) is 55.5 Å². The maximum absolute atomic E-state index is 12.8. The molecule has 0 radical (unpaired) electrons. The number of carbonyl (C=O) groups is 1. The molecule has 0 fully saturated rings. The third kappa shape index (κ3) is 3.67. The van der Waals surface area contributed by atoms with Crippen LogP contribution in [-0.2, 0) is 0 Å². The first-order chi connectivity index (χ1) is 15.9. The number of nitro benzene ring substituents is 1. The van der Waals surface area contributed by atoms with Crippen molar-refractivity contribution in [2.24, 2.45) is 0 Å². The van der Waals surface area contributed by atoms with Crippen LogP contribution in [0.15, 0.2) is 72.8 Å². The van der Waals surface area contributed by atoms with E-state index >= 15 is 0 Å². The number of benzene rings is 4. The highest BCUT2D eigenvalue weighted by Gasteiger charge is 2.16. The molecule has 5 rings (SSSR count). The lowest BCUT2D eigenvalue weighted by Crippen LogP contribution is -2.13. The fraction of sp³-hybridized carbons (Fsp3) is 0.0800. The van der Waals surface area contributed by atoms with Crippen LogP contribution in [0.2, 0.25) is 0 Å². The van der Waals surface area contributed by atoms with Crippen LogP contribution in [-0.4, -0.2) is 25.8 Å². The Hall–Kier alpha value is -4.59. The topological polar surface area (TPSA) is 103 Å². The predicted octanol–water partition coefficient (Wildman–Crippen LogP) is 5.35. The second-order valence-corrected chi connectivity index (χ2v) is 7.86. The van der Waals surface area contributed by atoms with Crippen molar-refractivity contribution in [3.63, 3.8) is 0 Å². The van der Waals surface area contributed by atoms with Gasteiger partial charge in [0.05, 0.1) is 10.6 Å². The molecule has 0 bridgehead atoms. The van der Waals surface area contributed by atoms with Crippen LogP contribution in [0.5, 0.6) is 0 Å². The maximum Gasteiger partial charge on any atom is 0.272 e. The number of carbonyl (C=O) groups excluding carboxylic acids is 1. The van der Waals surface area contributed by atoms with Crippen molar-refractivity contribution < 1.29 is 9.72 Å². The minimum atomic E-state index is -0.464. The van der Waals surface area contributed by atoms with Gasteiger partial charge >= 0.3 is 0 Å². The predicted molar refractivity (Wildman–Crippen MR) is 127 cm³/mol. The van der Waals surface area contributed by atoms with E-state index in [1.165, 1.54) is 18.2 Å². The lowest BCUT2D eigenvalue weighted by molar-refractivity contribution is -0.385. The second kappa shape index (κ2) is 7.83. The molecular weight excluding hydrogens is 418 g/mol. The highest BCUT2D eigenvalue weighted by molar-refractivity contribution is 6.05. The molecule has 1 aromatic heterocycles. The van der Waals surface area contributed by atoms with Gasteiger partial charge < -0.3 is 5.32 Å². The van der Waals surface area contributed by atoms with Crippen molar-refractivity contribution in [1.29, 1.82) is 0 Å². The number of hydrogen-bond acceptors (Lipinski definition) is 5. The zero-order valence-electron chi connectivity index (χ0n) is 17.9. The average molecular weight is 437 g/mol. The van der Waals surface area contributed by atoms with Gasteiger partial charge in [-0.25, -0.2) is 0 Å². The molecule has 0 saturated heterocycles. The van der Waals surface area contributed by atoms with Gasteiger partial charge in [-0.2, -0.15) is 0 Å². The average Bonchev–Trinajstić information content (AvgIpc) is 3.21. The monoisotopic (exact) mass is 437 g/mol. The minimum absolute atomic E-state index is 0.0193. The summed E-state index contributed by atoms with van der Waals surface area (Å²) in [5, 5.41) is 25.3. The number of amides is 1. The molecule has 1 amide bonds. The third-order valence-electron chi connectivity index (χ3n) is 5.61. The number of nitrogens with one attached hydrogen (secondary N) is 1. The van der Waals surface area contributed by atoms with E-state index in [9.17, 15) is 14.9 Å². The van der Waals surface area contributed by atoms with E-state index < -0.39 is 4.92 Å². The van der Waals surface area contributed by atoms with E-state index in [1.54, 1.807) is 17.8 Å². The largest absolute Gasteiger partial charge is 0.322 e. The second-order valence-electron chi connectivity index (χ2n) is 7.86. The molecule has 8 nitrogen and oxygen atoms in total. The van der Waals surface area contributed by atoms with E-state index in [0.29, 0.717) is 27.8 Å². The van der Waals surface area contributed by atoms with Gasteiger partial charge in [-0.3, -0.25) is 14.9 Å². The van der Waals surface area contributed by atoms with Gasteiger partial charge in [-0.05, 0) is 55.1 Å². The Balaban J connectivity index is 1.49. The number of nitrogens with zero attached hydrogens (tertiary/aromatic N) is 4. The number of hydrogen-bond donors (Lipinski definition) is 1. The molecule has 0 saturated carbocycles. The highest BCUT2D eigenvalue weighted by Crippen LogP contribution is 2.26. The first-order valence-electron chi connectivity index (χ1n) is 10.3. The first kappa shape index (κ1) is 20.3. The van der Waals surface area contributed by atoms with Gasteiger partial charge in [0.15, 0.2) is 0 Å². The van der Waals surface area contributed by atoms with Crippen molar-refractivity contribution in [3.8, 4) is 5.69 Å². The van der Waals surface area contributed by atoms with E-state index in [0.717, 1.165) is 22.0 Å². The van der Waals surface area contributed by atoms with Crippen molar-refractivity contribution in [3.05, 3.63) is 99.6 Å². The summed E-state index contributed by atoms with van der Waals surface area (Å²) in [5.41, 5.74) is 4.42. The smallest absolute Gasteiger partial charge is 0.272 e. The molecule has 162 valence electrons. The van der Waals surface area contributed by atoms with Crippen molar-refractivity contribution in [2.75, 3.05) is 5.32 Å². The normalized spacial score (nSPS) is 11.1. The molecule has 4 aromatic carbocycles. The summed E-state index contributed by atoms with van der Waals surface area (Å²) in [6.45, 7) is 3.49. The minimum Gasteiger partial charge on any atom is -0.322 e. The first-order valence-corrected chi connectivity index (χ1v) is 10.3. The number of aryl methyl sites for hydroxylation is 2. The summed E-state index contributed by atoms with van der Waals surface area (Å²) in [5.74, 6) is -0.350. The fourth-order valence-electron chi connectivity index (χ4n) is 3.89. The molecule has 1 heterocycles. The molecule has 0 aliphatic rings. The highest BCUT2D eigenvalue weighted by atomic mass is 16.6. The zero-order valence-corrected chi connectivity index (χ0v) is 17.9. The van der Waals surface area contributed by atoms with Gasteiger partial charge in [0, 0.05) is 28.3 Å². The Bertz CT molecular complexity index is 1570. The van der Waals surface area contributed by atoms with Crippen LogP contribution >= 0.6 is 0 Å².